The summed E-state index contributed by atoms with van der Waals surface area (Å²) in [5.41, 5.74) is 0.811. The Hall–Kier alpha value is -2.21. The van der Waals surface area contributed by atoms with Gasteiger partial charge in [0, 0.05) is 6.61 Å². The number of carbonyl (C=O) groups is 3. The molecule has 0 saturated carbocycles. The Morgan fingerprint density at radius 2 is 1.76 bits per heavy atom. The molecule has 2 aliphatic heterocycles. The summed E-state index contributed by atoms with van der Waals surface area (Å²) in [7, 11) is 0. The molecular weight excluding hydrogens is 272 g/mol. The quantitative estimate of drug-likeness (QED) is 0.616. The van der Waals surface area contributed by atoms with Gasteiger partial charge in [-0.05, 0) is 18.4 Å². The average molecular weight is 288 g/mol. The molecule has 3 rings (SSSR count). The normalized spacial score (nSPS) is 22.5. The topological polar surface area (TPSA) is 66.9 Å². The second-order valence-electron chi connectivity index (χ2n) is 5.21. The number of hydrogen-bond donors (Lipinski definition) is 0. The Morgan fingerprint density at radius 3 is 2.43 bits per heavy atom. The first-order valence-electron chi connectivity index (χ1n) is 6.99. The van der Waals surface area contributed by atoms with E-state index >= 15 is 0 Å². The maximum Gasteiger partial charge on any atom is 0.334 e. The summed E-state index contributed by atoms with van der Waals surface area (Å²) in [6.45, 7) is 0.920. The zero-order chi connectivity index (χ0) is 14.8. The van der Waals surface area contributed by atoms with Crippen molar-refractivity contribution in [1.29, 1.82) is 0 Å². The van der Waals surface area contributed by atoms with Crippen LogP contribution in [0.2, 0.25) is 0 Å². The van der Waals surface area contributed by atoms with Crippen molar-refractivity contribution < 1.29 is 19.1 Å². The van der Waals surface area contributed by atoms with Gasteiger partial charge in [-0.1, -0.05) is 30.3 Å². The van der Waals surface area contributed by atoms with E-state index in [1.807, 2.05) is 30.3 Å². The zero-order valence-electron chi connectivity index (χ0n) is 11.5. The number of urea groups is 1. The van der Waals surface area contributed by atoms with Crippen molar-refractivity contribution in [2.45, 2.75) is 25.5 Å². The van der Waals surface area contributed by atoms with E-state index in [0.717, 1.165) is 28.2 Å². The van der Waals surface area contributed by atoms with Gasteiger partial charge in [0.2, 0.25) is 0 Å². The highest BCUT2D eigenvalue weighted by molar-refractivity contribution is 6.44. The van der Waals surface area contributed by atoms with Crippen molar-refractivity contribution in [2.24, 2.45) is 0 Å². The van der Waals surface area contributed by atoms with E-state index in [-0.39, 0.29) is 19.2 Å². The fourth-order valence-electron chi connectivity index (χ4n) is 2.61. The summed E-state index contributed by atoms with van der Waals surface area (Å²) in [5, 5.41) is 0. The Labute approximate surface area is 122 Å². The molecule has 0 spiro atoms. The molecule has 0 aliphatic carbocycles. The number of benzene rings is 1. The minimum absolute atomic E-state index is 0.117. The first-order chi connectivity index (χ1) is 10.2. The van der Waals surface area contributed by atoms with Gasteiger partial charge >= 0.3 is 17.8 Å². The van der Waals surface area contributed by atoms with E-state index in [9.17, 15) is 14.4 Å². The van der Waals surface area contributed by atoms with Gasteiger partial charge in [0.1, 0.15) is 0 Å². The number of hydrogen-bond acceptors (Lipinski definition) is 4. The van der Waals surface area contributed by atoms with Gasteiger partial charge in [-0.25, -0.2) is 4.79 Å². The van der Waals surface area contributed by atoms with Crippen molar-refractivity contribution in [1.82, 2.24) is 9.80 Å². The molecule has 110 valence electrons. The van der Waals surface area contributed by atoms with Crippen LogP contribution in [0, 0.1) is 0 Å². The van der Waals surface area contributed by atoms with Crippen LogP contribution >= 0.6 is 0 Å². The van der Waals surface area contributed by atoms with E-state index in [1.54, 1.807) is 0 Å². The highest BCUT2D eigenvalue weighted by Crippen LogP contribution is 2.20. The fraction of sp³-hybridized carbons (Fsp3) is 0.400. The Morgan fingerprint density at radius 1 is 1.05 bits per heavy atom. The minimum atomic E-state index is -0.762. The molecule has 0 radical (unpaired) electrons. The second kappa shape index (κ2) is 5.65. The predicted molar refractivity (Wildman–Crippen MR) is 73.1 cm³/mol. The van der Waals surface area contributed by atoms with Crippen LogP contribution in [0.15, 0.2) is 30.3 Å². The summed E-state index contributed by atoms with van der Waals surface area (Å²) < 4.78 is 5.42. The lowest BCUT2D eigenvalue weighted by atomic mass is 10.2. The summed E-state index contributed by atoms with van der Waals surface area (Å²) in [4.78, 5) is 38.2. The molecule has 2 fully saturated rings. The third-order valence-electron chi connectivity index (χ3n) is 3.73. The highest BCUT2D eigenvalue weighted by atomic mass is 16.5. The second-order valence-corrected chi connectivity index (χ2v) is 5.21. The molecule has 0 aromatic heterocycles. The summed E-state index contributed by atoms with van der Waals surface area (Å²) in [6, 6.07) is 8.58. The van der Waals surface area contributed by atoms with Gasteiger partial charge in [0.25, 0.3) is 0 Å². The van der Waals surface area contributed by atoms with E-state index in [4.69, 9.17) is 4.74 Å². The first-order valence-corrected chi connectivity index (χ1v) is 6.99. The van der Waals surface area contributed by atoms with Gasteiger partial charge in [0.05, 0.1) is 19.2 Å². The maximum absolute atomic E-state index is 12.3. The molecule has 2 heterocycles. The maximum atomic E-state index is 12.3. The molecule has 0 unspecified atom stereocenters. The van der Waals surface area contributed by atoms with Crippen molar-refractivity contribution in [3.8, 4) is 0 Å². The largest absolute Gasteiger partial charge is 0.376 e. The number of carbonyl (C=O) groups excluding carboxylic acids is 3. The average Bonchev–Trinajstić information content (AvgIpc) is 3.08. The highest BCUT2D eigenvalue weighted by Gasteiger charge is 2.45. The molecule has 6 heteroatoms. The molecule has 4 amide bonds. The Kier molecular flexibility index (Phi) is 3.70. The zero-order valence-corrected chi connectivity index (χ0v) is 11.5. The molecule has 21 heavy (non-hydrogen) atoms. The van der Waals surface area contributed by atoms with Crippen LogP contribution in [0.5, 0.6) is 0 Å². The van der Waals surface area contributed by atoms with Gasteiger partial charge in [0.15, 0.2) is 0 Å². The van der Waals surface area contributed by atoms with Crippen LogP contribution < -0.4 is 0 Å². The number of ether oxygens (including phenoxy) is 1. The smallest absolute Gasteiger partial charge is 0.334 e. The van der Waals surface area contributed by atoms with Crippen molar-refractivity contribution in [3.05, 3.63) is 35.9 Å². The van der Waals surface area contributed by atoms with Crippen LogP contribution in [-0.2, 0) is 20.9 Å². The lowest BCUT2D eigenvalue weighted by Gasteiger charge is -2.18. The summed E-state index contributed by atoms with van der Waals surface area (Å²) in [6.07, 6.45) is 1.58. The standard InChI is InChI=1S/C15H16N2O4/c18-13-14(19)17(10-12-7-4-8-21-12)15(20)16(13)9-11-5-2-1-3-6-11/h1-3,5-6,12H,4,7-10H2/t12-/m0/s1. The molecule has 2 saturated heterocycles. The molecule has 1 aromatic rings. The first kappa shape index (κ1) is 13.8. The SMILES string of the molecule is O=C1C(=O)N(C[C@@H]2CCCO2)C(=O)N1Cc1ccccc1. The molecule has 1 aromatic carbocycles. The van der Waals surface area contributed by atoms with Crippen LogP contribution in [-0.4, -0.2) is 46.9 Å². The van der Waals surface area contributed by atoms with Gasteiger partial charge in [-0.3, -0.25) is 19.4 Å². The summed E-state index contributed by atoms with van der Waals surface area (Å²) in [5.74, 6) is -1.52. The Bertz CT molecular complexity index is 566. The van der Waals surface area contributed by atoms with E-state index in [1.165, 1.54) is 0 Å². The lowest BCUT2D eigenvalue weighted by Crippen LogP contribution is -2.38. The number of rotatable bonds is 4. The van der Waals surface area contributed by atoms with Crippen molar-refractivity contribution in [2.75, 3.05) is 13.2 Å². The van der Waals surface area contributed by atoms with E-state index in [2.05, 4.69) is 0 Å². The van der Waals surface area contributed by atoms with Crippen LogP contribution in [0.3, 0.4) is 0 Å². The fourth-order valence-corrected chi connectivity index (χ4v) is 2.61. The van der Waals surface area contributed by atoms with Crippen LogP contribution in [0.4, 0.5) is 4.79 Å². The Balaban J connectivity index is 1.72. The van der Waals surface area contributed by atoms with Gasteiger partial charge in [-0.15, -0.1) is 0 Å². The molecule has 1 atom stereocenters. The molecular formula is C15H16N2O4. The van der Waals surface area contributed by atoms with Crippen molar-refractivity contribution >= 4 is 17.8 Å². The van der Waals surface area contributed by atoms with Gasteiger partial charge in [-0.2, -0.15) is 0 Å². The van der Waals surface area contributed by atoms with Crippen LogP contribution in [0.1, 0.15) is 18.4 Å². The van der Waals surface area contributed by atoms with E-state index < -0.39 is 17.8 Å². The van der Waals surface area contributed by atoms with E-state index in [0.29, 0.717) is 6.61 Å². The number of imide groups is 2. The predicted octanol–water partition coefficient (Wildman–Crippen LogP) is 1.16. The number of amides is 4. The molecule has 0 N–H and O–H groups in total. The van der Waals surface area contributed by atoms with Crippen molar-refractivity contribution in [3.63, 3.8) is 0 Å². The van der Waals surface area contributed by atoms with Crippen LogP contribution in [0.25, 0.3) is 0 Å². The summed E-state index contributed by atoms with van der Waals surface area (Å²) >= 11 is 0. The van der Waals surface area contributed by atoms with Gasteiger partial charge < -0.3 is 4.74 Å². The third-order valence-corrected chi connectivity index (χ3v) is 3.73. The molecule has 0 bridgehead atoms. The third kappa shape index (κ3) is 2.67. The number of nitrogens with zero attached hydrogens (tertiary/aromatic N) is 2. The minimum Gasteiger partial charge on any atom is -0.376 e. The lowest BCUT2D eigenvalue weighted by molar-refractivity contribution is -0.143. The monoisotopic (exact) mass is 288 g/mol. The molecule has 2 aliphatic rings. The molecule has 6 nitrogen and oxygen atoms in total.